The normalized spacial score (nSPS) is 14.5. The van der Waals surface area contributed by atoms with E-state index in [2.05, 4.69) is 10.6 Å². The van der Waals surface area contributed by atoms with Crippen LogP contribution in [0.2, 0.25) is 0 Å². The fraction of sp³-hybridized carbons (Fsp3) is 0.250. The predicted octanol–water partition coefficient (Wildman–Crippen LogP) is 1.97. The lowest BCUT2D eigenvalue weighted by Gasteiger charge is -2.19. The zero-order valence-corrected chi connectivity index (χ0v) is 12.1. The van der Waals surface area contributed by atoms with Crippen molar-refractivity contribution in [2.24, 2.45) is 0 Å². The Morgan fingerprint density at radius 1 is 1.41 bits per heavy atom. The molecule has 1 aliphatic rings. The Balaban J connectivity index is 1.66. The van der Waals surface area contributed by atoms with Crippen LogP contribution in [-0.2, 0) is 11.2 Å². The Morgan fingerprint density at radius 3 is 3.05 bits per heavy atom. The zero-order chi connectivity index (χ0) is 15.5. The Labute approximate surface area is 127 Å². The number of carbonyl (C=O) groups is 2. The quantitative estimate of drug-likeness (QED) is 0.904. The van der Waals surface area contributed by atoms with E-state index in [1.165, 1.54) is 0 Å². The van der Waals surface area contributed by atoms with Crippen molar-refractivity contribution in [2.75, 3.05) is 11.9 Å². The molecule has 2 aromatic rings. The number of amides is 2. The second-order valence-electron chi connectivity index (χ2n) is 5.21. The van der Waals surface area contributed by atoms with Gasteiger partial charge in [-0.25, -0.2) is 0 Å². The van der Waals surface area contributed by atoms with E-state index in [1.54, 1.807) is 24.5 Å². The van der Waals surface area contributed by atoms with Crippen LogP contribution in [0.5, 0.6) is 5.75 Å². The van der Waals surface area contributed by atoms with Gasteiger partial charge in [-0.1, -0.05) is 0 Å². The van der Waals surface area contributed by atoms with E-state index >= 15 is 0 Å². The molecule has 0 unspecified atom stereocenters. The number of hydrogen-bond donors (Lipinski definition) is 2. The summed E-state index contributed by atoms with van der Waals surface area (Å²) in [5.74, 6) is 0.939. The average molecular weight is 300 g/mol. The van der Waals surface area contributed by atoms with Crippen LogP contribution in [0.1, 0.15) is 23.0 Å². The molecule has 0 bridgehead atoms. The summed E-state index contributed by atoms with van der Waals surface area (Å²) >= 11 is 0. The molecule has 2 N–H and O–H groups in total. The van der Waals surface area contributed by atoms with Crippen LogP contribution < -0.4 is 15.4 Å². The van der Waals surface area contributed by atoms with Gasteiger partial charge in [-0.15, -0.1) is 0 Å². The second-order valence-corrected chi connectivity index (χ2v) is 5.21. The summed E-state index contributed by atoms with van der Waals surface area (Å²) in [6.07, 6.45) is 2.23. The Hall–Kier alpha value is -2.76. The van der Waals surface area contributed by atoms with Gasteiger partial charge in [0.05, 0.1) is 12.0 Å². The SMILES string of the molecule is C[C@H](Cc1ccco1)NC(=O)c1ccc2c(c1)OCC(=O)N2. The minimum absolute atomic E-state index is 0.0348. The standard InChI is InChI=1S/C16H16N2O4/c1-10(7-12-3-2-6-21-12)17-16(20)11-4-5-13-14(8-11)22-9-15(19)18-13/h2-6,8,10H,7,9H2,1H3,(H,17,20)(H,18,19)/t10-/m1/s1. The van der Waals surface area contributed by atoms with Crippen LogP contribution in [0.3, 0.4) is 0 Å². The molecular weight excluding hydrogens is 284 g/mol. The maximum atomic E-state index is 12.2. The lowest BCUT2D eigenvalue weighted by Crippen LogP contribution is -2.34. The number of benzene rings is 1. The number of rotatable bonds is 4. The lowest BCUT2D eigenvalue weighted by atomic mass is 10.1. The number of anilines is 1. The third-order valence-corrected chi connectivity index (χ3v) is 3.34. The summed E-state index contributed by atoms with van der Waals surface area (Å²) in [5, 5.41) is 5.60. The molecule has 114 valence electrons. The Morgan fingerprint density at radius 2 is 2.27 bits per heavy atom. The number of nitrogens with one attached hydrogen (secondary N) is 2. The monoisotopic (exact) mass is 300 g/mol. The second kappa shape index (κ2) is 5.93. The molecule has 0 saturated carbocycles. The molecule has 0 radical (unpaired) electrons. The summed E-state index contributed by atoms with van der Waals surface area (Å²) in [6.45, 7) is 1.88. The zero-order valence-electron chi connectivity index (χ0n) is 12.1. The van der Waals surface area contributed by atoms with Gasteiger partial charge in [0.1, 0.15) is 11.5 Å². The van der Waals surface area contributed by atoms with E-state index in [1.807, 2.05) is 19.1 Å². The van der Waals surface area contributed by atoms with Gasteiger partial charge in [0, 0.05) is 18.0 Å². The first-order chi connectivity index (χ1) is 10.6. The topological polar surface area (TPSA) is 80.6 Å². The molecular formula is C16H16N2O4. The third-order valence-electron chi connectivity index (χ3n) is 3.34. The number of carbonyl (C=O) groups excluding carboxylic acids is 2. The first kappa shape index (κ1) is 14.2. The maximum absolute atomic E-state index is 12.2. The van der Waals surface area contributed by atoms with Crippen LogP contribution in [0.25, 0.3) is 0 Å². The molecule has 22 heavy (non-hydrogen) atoms. The highest BCUT2D eigenvalue weighted by molar-refractivity contribution is 5.99. The van der Waals surface area contributed by atoms with Crippen molar-refractivity contribution in [3.63, 3.8) is 0 Å². The van der Waals surface area contributed by atoms with E-state index in [-0.39, 0.29) is 24.5 Å². The first-order valence-corrected chi connectivity index (χ1v) is 7.02. The minimum Gasteiger partial charge on any atom is -0.482 e. The average Bonchev–Trinajstić information content (AvgIpc) is 2.99. The lowest BCUT2D eigenvalue weighted by molar-refractivity contribution is -0.118. The van der Waals surface area contributed by atoms with E-state index in [0.29, 0.717) is 23.4 Å². The molecule has 0 aliphatic carbocycles. The van der Waals surface area contributed by atoms with Crippen molar-refractivity contribution in [2.45, 2.75) is 19.4 Å². The first-order valence-electron chi connectivity index (χ1n) is 7.02. The minimum atomic E-state index is -0.197. The molecule has 2 heterocycles. The number of hydrogen-bond acceptors (Lipinski definition) is 4. The van der Waals surface area contributed by atoms with Crippen molar-refractivity contribution in [3.8, 4) is 5.75 Å². The number of furan rings is 1. The molecule has 6 nitrogen and oxygen atoms in total. The van der Waals surface area contributed by atoms with Gasteiger partial charge in [0.25, 0.3) is 11.8 Å². The van der Waals surface area contributed by atoms with Crippen molar-refractivity contribution in [1.82, 2.24) is 5.32 Å². The van der Waals surface area contributed by atoms with Crippen molar-refractivity contribution in [3.05, 3.63) is 47.9 Å². The molecule has 1 aromatic carbocycles. The highest BCUT2D eigenvalue weighted by atomic mass is 16.5. The van der Waals surface area contributed by atoms with Gasteiger partial charge in [0.2, 0.25) is 0 Å². The van der Waals surface area contributed by atoms with Gasteiger partial charge < -0.3 is 19.8 Å². The molecule has 3 rings (SSSR count). The predicted molar refractivity (Wildman–Crippen MR) is 79.9 cm³/mol. The van der Waals surface area contributed by atoms with Gasteiger partial charge in [0.15, 0.2) is 6.61 Å². The largest absolute Gasteiger partial charge is 0.482 e. The van der Waals surface area contributed by atoms with E-state index in [9.17, 15) is 9.59 Å². The highest BCUT2D eigenvalue weighted by Crippen LogP contribution is 2.28. The molecule has 1 aromatic heterocycles. The highest BCUT2D eigenvalue weighted by Gasteiger charge is 2.18. The Bertz CT molecular complexity index is 694. The van der Waals surface area contributed by atoms with Gasteiger partial charge in [-0.3, -0.25) is 9.59 Å². The fourth-order valence-electron chi connectivity index (χ4n) is 2.30. The van der Waals surface area contributed by atoms with Crippen LogP contribution in [0.4, 0.5) is 5.69 Å². The molecule has 2 amide bonds. The van der Waals surface area contributed by atoms with Crippen LogP contribution in [-0.4, -0.2) is 24.5 Å². The molecule has 0 spiro atoms. The summed E-state index contributed by atoms with van der Waals surface area (Å²) in [7, 11) is 0. The maximum Gasteiger partial charge on any atom is 0.262 e. The molecule has 1 atom stereocenters. The van der Waals surface area contributed by atoms with Gasteiger partial charge in [-0.05, 0) is 37.3 Å². The van der Waals surface area contributed by atoms with Crippen molar-refractivity contribution < 1.29 is 18.7 Å². The van der Waals surface area contributed by atoms with Crippen LogP contribution in [0, 0.1) is 0 Å². The summed E-state index contributed by atoms with van der Waals surface area (Å²) in [4.78, 5) is 23.5. The van der Waals surface area contributed by atoms with Gasteiger partial charge >= 0.3 is 0 Å². The number of ether oxygens (including phenoxy) is 1. The van der Waals surface area contributed by atoms with E-state index in [0.717, 1.165) is 5.76 Å². The summed E-state index contributed by atoms with van der Waals surface area (Å²) < 4.78 is 10.6. The van der Waals surface area contributed by atoms with Crippen LogP contribution >= 0.6 is 0 Å². The third kappa shape index (κ3) is 3.11. The van der Waals surface area contributed by atoms with Gasteiger partial charge in [-0.2, -0.15) is 0 Å². The van der Waals surface area contributed by atoms with E-state index < -0.39 is 0 Å². The smallest absolute Gasteiger partial charge is 0.262 e. The molecule has 0 saturated heterocycles. The molecule has 1 aliphatic heterocycles. The van der Waals surface area contributed by atoms with E-state index in [4.69, 9.17) is 9.15 Å². The summed E-state index contributed by atoms with van der Waals surface area (Å²) in [6, 6.07) is 8.58. The molecule has 0 fully saturated rings. The Kier molecular flexibility index (Phi) is 3.82. The van der Waals surface area contributed by atoms with Crippen molar-refractivity contribution >= 4 is 17.5 Å². The van der Waals surface area contributed by atoms with Crippen molar-refractivity contribution in [1.29, 1.82) is 0 Å². The fourth-order valence-corrected chi connectivity index (χ4v) is 2.30. The molecule has 6 heteroatoms. The number of fused-ring (bicyclic) bond motifs is 1. The summed E-state index contributed by atoms with van der Waals surface area (Å²) in [5.41, 5.74) is 1.07. The van der Waals surface area contributed by atoms with Crippen LogP contribution in [0.15, 0.2) is 41.0 Å².